The van der Waals surface area contributed by atoms with Crippen LogP contribution in [0.3, 0.4) is 0 Å². The molecule has 2 rings (SSSR count). The summed E-state index contributed by atoms with van der Waals surface area (Å²) in [6, 6.07) is 7.18. The molecule has 0 bridgehead atoms. The van der Waals surface area contributed by atoms with E-state index in [0.717, 1.165) is 19.6 Å². The Morgan fingerprint density at radius 1 is 1.26 bits per heavy atom. The lowest BCUT2D eigenvalue weighted by atomic mass is 10.2. The third-order valence-electron chi connectivity index (χ3n) is 2.76. The molecule has 0 saturated carbocycles. The van der Waals surface area contributed by atoms with Crippen LogP contribution < -0.4 is 9.47 Å². The van der Waals surface area contributed by atoms with Crippen molar-refractivity contribution in [3.8, 4) is 17.6 Å². The molecule has 1 aliphatic heterocycles. The Balaban J connectivity index is 1.86. The maximum atomic E-state index is 8.91. The predicted molar refractivity (Wildman–Crippen MR) is 68.1 cm³/mol. The van der Waals surface area contributed by atoms with Gasteiger partial charge in [-0.25, -0.2) is 0 Å². The minimum Gasteiger partial charge on any atom is -0.497 e. The fraction of sp³-hybridized carbons (Fsp3) is 0.500. The molecular formula is C14H17NO4. The lowest BCUT2D eigenvalue weighted by molar-refractivity contribution is -0.183. The second-order valence-electron chi connectivity index (χ2n) is 4.17. The van der Waals surface area contributed by atoms with Gasteiger partial charge >= 0.3 is 0 Å². The normalized spacial score (nSPS) is 15.8. The van der Waals surface area contributed by atoms with Gasteiger partial charge in [-0.15, -0.1) is 0 Å². The van der Waals surface area contributed by atoms with E-state index in [1.165, 1.54) is 0 Å². The maximum Gasteiger partial charge on any atom is 0.160 e. The molecule has 1 saturated heterocycles. The maximum absolute atomic E-state index is 8.91. The fourth-order valence-electron chi connectivity index (χ4n) is 1.81. The Morgan fingerprint density at radius 2 is 2.00 bits per heavy atom. The van der Waals surface area contributed by atoms with Crippen LogP contribution in [0.1, 0.15) is 18.4 Å². The average Bonchev–Trinajstić information content (AvgIpc) is 2.48. The molecule has 5 nitrogen and oxygen atoms in total. The first-order valence-electron chi connectivity index (χ1n) is 6.27. The van der Waals surface area contributed by atoms with E-state index in [-0.39, 0.29) is 6.29 Å². The van der Waals surface area contributed by atoms with Gasteiger partial charge in [-0.2, -0.15) is 5.26 Å². The molecule has 102 valence electrons. The number of hydrogen-bond acceptors (Lipinski definition) is 5. The molecule has 19 heavy (non-hydrogen) atoms. The van der Waals surface area contributed by atoms with Crippen molar-refractivity contribution in [2.45, 2.75) is 19.1 Å². The Labute approximate surface area is 112 Å². The first kappa shape index (κ1) is 13.7. The summed E-state index contributed by atoms with van der Waals surface area (Å²) < 4.78 is 21.6. The Kier molecular flexibility index (Phi) is 5.01. The molecule has 5 heteroatoms. The number of rotatable bonds is 5. The number of nitriles is 1. The van der Waals surface area contributed by atoms with Gasteiger partial charge in [-0.3, -0.25) is 0 Å². The summed E-state index contributed by atoms with van der Waals surface area (Å²) in [7, 11) is 1.56. The fourth-order valence-corrected chi connectivity index (χ4v) is 1.81. The Morgan fingerprint density at radius 3 is 2.68 bits per heavy atom. The monoisotopic (exact) mass is 263 g/mol. The van der Waals surface area contributed by atoms with Crippen molar-refractivity contribution in [2.75, 3.05) is 26.9 Å². The zero-order valence-corrected chi connectivity index (χ0v) is 10.9. The lowest BCUT2D eigenvalue weighted by Crippen LogP contribution is -2.26. The molecule has 0 spiro atoms. The number of ether oxygens (including phenoxy) is 4. The second-order valence-corrected chi connectivity index (χ2v) is 4.17. The van der Waals surface area contributed by atoms with Crippen molar-refractivity contribution >= 4 is 0 Å². The van der Waals surface area contributed by atoms with E-state index >= 15 is 0 Å². The van der Waals surface area contributed by atoms with Gasteiger partial charge in [0, 0.05) is 12.5 Å². The van der Waals surface area contributed by atoms with Gasteiger partial charge in [0.15, 0.2) is 6.29 Å². The molecule has 0 aromatic heterocycles. The van der Waals surface area contributed by atoms with Gasteiger partial charge in [-0.1, -0.05) is 0 Å². The molecular weight excluding hydrogens is 246 g/mol. The van der Waals surface area contributed by atoms with E-state index in [0.29, 0.717) is 30.1 Å². The topological polar surface area (TPSA) is 60.7 Å². The molecule has 0 amide bonds. The SMILES string of the molecule is COc1cc(C#N)cc(OCCC2OCCCO2)c1. The molecule has 1 heterocycles. The third-order valence-corrected chi connectivity index (χ3v) is 2.76. The molecule has 0 aliphatic carbocycles. The summed E-state index contributed by atoms with van der Waals surface area (Å²) >= 11 is 0. The predicted octanol–water partition coefficient (Wildman–Crippen LogP) is 2.10. The molecule has 1 aromatic rings. The number of methoxy groups -OCH3 is 1. The van der Waals surface area contributed by atoms with E-state index < -0.39 is 0 Å². The highest BCUT2D eigenvalue weighted by atomic mass is 16.7. The van der Waals surface area contributed by atoms with Crippen LogP contribution in [0.4, 0.5) is 0 Å². The molecule has 1 aliphatic rings. The van der Waals surface area contributed by atoms with E-state index in [2.05, 4.69) is 6.07 Å². The third kappa shape index (κ3) is 4.12. The molecule has 0 atom stereocenters. The largest absolute Gasteiger partial charge is 0.497 e. The summed E-state index contributed by atoms with van der Waals surface area (Å²) in [6.45, 7) is 1.95. The van der Waals surface area contributed by atoms with Gasteiger partial charge in [0.1, 0.15) is 11.5 Å². The minimum atomic E-state index is -0.185. The molecule has 0 radical (unpaired) electrons. The zero-order valence-electron chi connectivity index (χ0n) is 10.9. The van der Waals surface area contributed by atoms with Crippen LogP contribution in [0.2, 0.25) is 0 Å². The Bertz CT molecular complexity index is 449. The van der Waals surface area contributed by atoms with Crippen LogP contribution in [0.25, 0.3) is 0 Å². The average molecular weight is 263 g/mol. The van der Waals surface area contributed by atoms with Gasteiger partial charge in [0.05, 0.1) is 38.6 Å². The molecule has 1 fully saturated rings. The highest BCUT2D eigenvalue weighted by Gasteiger charge is 2.14. The molecule has 0 N–H and O–H groups in total. The molecule has 1 aromatic carbocycles. The number of benzene rings is 1. The standard InChI is InChI=1S/C14H17NO4/c1-16-12-7-11(10-15)8-13(9-12)17-6-3-14-18-4-2-5-19-14/h7-9,14H,2-6H2,1H3. The quantitative estimate of drug-likeness (QED) is 0.814. The van der Waals surface area contributed by atoms with Gasteiger partial charge in [-0.05, 0) is 18.6 Å². The van der Waals surface area contributed by atoms with E-state index in [1.54, 1.807) is 25.3 Å². The van der Waals surface area contributed by atoms with Crippen LogP contribution in [0.5, 0.6) is 11.5 Å². The molecule has 0 unspecified atom stereocenters. The summed E-state index contributed by atoms with van der Waals surface area (Å²) in [6.07, 6.45) is 1.42. The van der Waals surface area contributed by atoms with Crippen LogP contribution >= 0.6 is 0 Å². The van der Waals surface area contributed by atoms with E-state index in [4.69, 9.17) is 24.2 Å². The second kappa shape index (κ2) is 6.98. The summed E-state index contributed by atoms with van der Waals surface area (Å²) in [5.41, 5.74) is 0.513. The van der Waals surface area contributed by atoms with Crippen LogP contribution in [0.15, 0.2) is 18.2 Å². The van der Waals surface area contributed by atoms with Crippen molar-refractivity contribution < 1.29 is 18.9 Å². The first-order chi connectivity index (χ1) is 9.31. The van der Waals surface area contributed by atoms with Crippen molar-refractivity contribution in [1.29, 1.82) is 5.26 Å². The van der Waals surface area contributed by atoms with Gasteiger partial charge in [0.2, 0.25) is 0 Å². The summed E-state index contributed by atoms with van der Waals surface area (Å²) in [5.74, 6) is 1.23. The van der Waals surface area contributed by atoms with E-state index in [1.807, 2.05) is 0 Å². The van der Waals surface area contributed by atoms with Crippen LogP contribution in [-0.4, -0.2) is 33.2 Å². The smallest absolute Gasteiger partial charge is 0.160 e. The highest BCUT2D eigenvalue weighted by Crippen LogP contribution is 2.22. The van der Waals surface area contributed by atoms with Crippen LogP contribution in [0, 0.1) is 11.3 Å². The zero-order chi connectivity index (χ0) is 13.5. The lowest BCUT2D eigenvalue weighted by Gasteiger charge is -2.23. The Hall–Kier alpha value is -1.77. The van der Waals surface area contributed by atoms with Gasteiger partial charge < -0.3 is 18.9 Å². The first-order valence-corrected chi connectivity index (χ1v) is 6.27. The van der Waals surface area contributed by atoms with Crippen molar-refractivity contribution in [3.05, 3.63) is 23.8 Å². The number of nitrogens with zero attached hydrogens (tertiary/aromatic N) is 1. The minimum absolute atomic E-state index is 0.185. The summed E-state index contributed by atoms with van der Waals surface area (Å²) in [4.78, 5) is 0. The van der Waals surface area contributed by atoms with Crippen molar-refractivity contribution in [2.24, 2.45) is 0 Å². The van der Waals surface area contributed by atoms with E-state index in [9.17, 15) is 0 Å². The van der Waals surface area contributed by atoms with Crippen LogP contribution in [-0.2, 0) is 9.47 Å². The highest BCUT2D eigenvalue weighted by molar-refractivity contribution is 5.43. The summed E-state index contributed by atoms with van der Waals surface area (Å²) in [5, 5.41) is 8.91. The number of hydrogen-bond donors (Lipinski definition) is 0. The van der Waals surface area contributed by atoms with Crippen molar-refractivity contribution in [1.82, 2.24) is 0 Å². The van der Waals surface area contributed by atoms with Crippen molar-refractivity contribution in [3.63, 3.8) is 0 Å². The van der Waals surface area contributed by atoms with Gasteiger partial charge in [0.25, 0.3) is 0 Å².